The zero-order valence-corrected chi connectivity index (χ0v) is 34.6. The van der Waals surface area contributed by atoms with Crippen molar-refractivity contribution in [2.45, 2.75) is 5.41 Å². The van der Waals surface area contributed by atoms with E-state index in [1.54, 1.807) is 0 Å². The molecule has 0 spiro atoms. The predicted octanol–water partition coefficient (Wildman–Crippen LogP) is 15.5. The molecule has 2 nitrogen and oxygen atoms in total. The standard InChI is InChI=1S/C59H38N2S/c1-5-19-39(20-6-1)41-35-36-45(51(37-41)40-21-7-2-8-22-40)53-38-54(49-31-18-30-48-46-28-14-16-34-55(46)62-57(48)49)61-58(60-53)50-32-17-29-47-44-27-13-15-33-52(44)59(56(47)50,42-23-9-3-10-24-42)43-25-11-4-12-26-43/h1-38H. The fourth-order valence-corrected chi connectivity index (χ4v) is 11.1. The molecule has 12 rings (SSSR count). The molecule has 2 aromatic heterocycles. The Kier molecular flexibility index (Phi) is 8.62. The van der Waals surface area contributed by atoms with Gasteiger partial charge < -0.3 is 0 Å². The first-order valence-corrected chi connectivity index (χ1v) is 22.0. The van der Waals surface area contributed by atoms with E-state index in [-0.39, 0.29) is 0 Å². The minimum absolute atomic E-state index is 0.622. The van der Waals surface area contributed by atoms with Gasteiger partial charge >= 0.3 is 0 Å². The first kappa shape index (κ1) is 36.2. The molecular weight excluding hydrogens is 769 g/mol. The Morgan fingerprint density at radius 2 is 0.887 bits per heavy atom. The molecule has 0 amide bonds. The summed E-state index contributed by atoms with van der Waals surface area (Å²) in [6.45, 7) is 0. The highest BCUT2D eigenvalue weighted by molar-refractivity contribution is 7.26. The van der Waals surface area contributed by atoms with Crippen LogP contribution in [-0.2, 0) is 5.41 Å². The summed E-state index contributed by atoms with van der Waals surface area (Å²) in [5, 5.41) is 2.51. The van der Waals surface area contributed by atoms with Crippen molar-refractivity contribution in [2.75, 3.05) is 0 Å². The Balaban J connectivity index is 1.18. The second-order valence-corrected chi connectivity index (χ2v) is 17.0. The van der Waals surface area contributed by atoms with Crippen molar-refractivity contribution in [3.8, 4) is 67.3 Å². The van der Waals surface area contributed by atoms with Crippen molar-refractivity contribution in [1.82, 2.24) is 9.97 Å². The Morgan fingerprint density at radius 3 is 1.63 bits per heavy atom. The van der Waals surface area contributed by atoms with E-state index in [4.69, 9.17) is 9.97 Å². The SMILES string of the molecule is c1ccc(-c2ccc(-c3cc(-c4cccc5c4sc4ccccc45)nc(-c4cccc5c4C(c4ccccc4)(c4ccccc4)c4ccccc4-5)n3)c(-c3ccccc3)c2)cc1. The highest BCUT2D eigenvalue weighted by Crippen LogP contribution is 2.58. The topological polar surface area (TPSA) is 25.8 Å². The molecule has 1 aliphatic carbocycles. The molecule has 9 aromatic carbocycles. The van der Waals surface area contributed by atoms with E-state index >= 15 is 0 Å². The molecule has 0 saturated carbocycles. The van der Waals surface area contributed by atoms with Gasteiger partial charge in [-0.3, -0.25) is 0 Å². The Morgan fingerprint density at radius 1 is 0.339 bits per heavy atom. The molecule has 0 bridgehead atoms. The lowest BCUT2D eigenvalue weighted by Gasteiger charge is -2.35. The largest absolute Gasteiger partial charge is 0.228 e. The number of rotatable bonds is 7. The normalized spacial score (nSPS) is 12.6. The number of fused-ring (bicyclic) bond motifs is 6. The quantitative estimate of drug-likeness (QED) is 0.160. The molecule has 0 radical (unpaired) electrons. The van der Waals surface area contributed by atoms with Gasteiger partial charge in [0.25, 0.3) is 0 Å². The van der Waals surface area contributed by atoms with E-state index in [1.165, 1.54) is 59.1 Å². The van der Waals surface area contributed by atoms with Crippen molar-refractivity contribution in [3.63, 3.8) is 0 Å². The van der Waals surface area contributed by atoms with Gasteiger partial charge in [-0.15, -0.1) is 11.3 Å². The van der Waals surface area contributed by atoms with Crippen LogP contribution >= 0.6 is 11.3 Å². The highest BCUT2D eigenvalue weighted by Gasteiger charge is 2.47. The lowest BCUT2D eigenvalue weighted by molar-refractivity contribution is 0.769. The van der Waals surface area contributed by atoms with Gasteiger partial charge in [-0.05, 0) is 73.8 Å². The van der Waals surface area contributed by atoms with Crippen LogP contribution in [0.1, 0.15) is 22.3 Å². The maximum Gasteiger partial charge on any atom is 0.160 e. The summed E-state index contributed by atoms with van der Waals surface area (Å²) in [4.78, 5) is 11.4. The number of aromatic nitrogens is 2. The van der Waals surface area contributed by atoms with Crippen LogP contribution in [0.4, 0.5) is 0 Å². The van der Waals surface area contributed by atoms with Crippen LogP contribution in [0.15, 0.2) is 231 Å². The number of benzene rings is 9. The first-order chi connectivity index (χ1) is 30.8. The third-order valence-corrected chi connectivity index (χ3v) is 13.8. The van der Waals surface area contributed by atoms with Gasteiger partial charge in [-0.2, -0.15) is 0 Å². The smallest absolute Gasteiger partial charge is 0.160 e. The fraction of sp³-hybridized carbons (Fsp3) is 0.0169. The van der Waals surface area contributed by atoms with Crippen LogP contribution < -0.4 is 0 Å². The maximum atomic E-state index is 5.70. The maximum absolute atomic E-state index is 5.70. The monoisotopic (exact) mass is 806 g/mol. The minimum Gasteiger partial charge on any atom is -0.228 e. The van der Waals surface area contributed by atoms with Gasteiger partial charge in [0.15, 0.2) is 5.82 Å². The second-order valence-electron chi connectivity index (χ2n) is 16.0. The summed E-state index contributed by atoms with van der Waals surface area (Å²) in [6, 6.07) is 83.3. The summed E-state index contributed by atoms with van der Waals surface area (Å²) in [6.07, 6.45) is 0. The highest BCUT2D eigenvalue weighted by atomic mass is 32.1. The molecule has 0 unspecified atom stereocenters. The second kappa shape index (κ2) is 14.8. The molecule has 0 aliphatic heterocycles. The Bertz CT molecular complexity index is 3410. The van der Waals surface area contributed by atoms with Crippen molar-refractivity contribution in [1.29, 1.82) is 0 Å². The zero-order valence-electron chi connectivity index (χ0n) is 33.7. The average molecular weight is 807 g/mol. The molecule has 0 atom stereocenters. The van der Waals surface area contributed by atoms with Crippen LogP contribution in [0, 0.1) is 0 Å². The average Bonchev–Trinajstić information content (AvgIpc) is 3.89. The summed E-state index contributed by atoms with van der Waals surface area (Å²) < 4.78 is 2.49. The van der Waals surface area contributed by atoms with E-state index in [2.05, 4.69) is 231 Å². The van der Waals surface area contributed by atoms with E-state index in [1.807, 2.05) is 11.3 Å². The number of hydrogen-bond donors (Lipinski definition) is 0. The lowest BCUT2D eigenvalue weighted by Crippen LogP contribution is -2.29. The number of nitrogens with zero attached hydrogens (tertiary/aromatic N) is 2. The molecule has 0 fully saturated rings. The van der Waals surface area contributed by atoms with Crippen LogP contribution in [-0.4, -0.2) is 9.97 Å². The van der Waals surface area contributed by atoms with E-state index < -0.39 is 5.41 Å². The summed E-state index contributed by atoms with van der Waals surface area (Å²) in [5.41, 5.74) is 16.2. The third kappa shape index (κ3) is 5.70. The molecule has 0 saturated heterocycles. The van der Waals surface area contributed by atoms with Crippen LogP contribution in [0.2, 0.25) is 0 Å². The number of hydrogen-bond acceptors (Lipinski definition) is 3. The number of thiophene rings is 1. The third-order valence-electron chi connectivity index (χ3n) is 12.6. The van der Waals surface area contributed by atoms with Gasteiger partial charge in [0.1, 0.15) is 0 Å². The van der Waals surface area contributed by atoms with Gasteiger partial charge in [0.2, 0.25) is 0 Å². The molecular formula is C59H38N2S. The molecule has 62 heavy (non-hydrogen) atoms. The molecule has 290 valence electrons. The van der Waals surface area contributed by atoms with E-state index in [0.717, 1.165) is 44.8 Å². The predicted molar refractivity (Wildman–Crippen MR) is 259 cm³/mol. The van der Waals surface area contributed by atoms with E-state index in [9.17, 15) is 0 Å². The molecule has 3 heteroatoms. The van der Waals surface area contributed by atoms with Crippen molar-refractivity contribution in [3.05, 3.63) is 253 Å². The summed E-state index contributed by atoms with van der Waals surface area (Å²) >= 11 is 1.83. The summed E-state index contributed by atoms with van der Waals surface area (Å²) in [7, 11) is 0. The fourth-order valence-electron chi connectivity index (χ4n) is 9.92. The Labute approximate surface area is 365 Å². The summed E-state index contributed by atoms with van der Waals surface area (Å²) in [5.74, 6) is 0.697. The van der Waals surface area contributed by atoms with Crippen LogP contribution in [0.25, 0.3) is 87.5 Å². The minimum atomic E-state index is -0.622. The van der Waals surface area contributed by atoms with Crippen LogP contribution in [0.5, 0.6) is 0 Å². The van der Waals surface area contributed by atoms with Gasteiger partial charge in [-0.25, -0.2) is 9.97 Å². The molecule has 2 heterocycles. The van der Waals surface area contributed by atoms with Crippen molar-refractivity contribution >= 4 is 31.5 Å². The molecule has 0 N–H and O–H groups in total. The molecule has 11 aromatic rings. The van der Waals surface area contributed by atoms with Gasteiger partial charge in [-0.1, -0.05) is 212 Å². The van der Waals surface area contributed by atoms with Crippen molar-refractivity contribution < 1.29 is 0 Å². The van der Waals surface area contributed by atoms with Crippen LogP contribution in [0.3, 0.4) is 0 Å². The first-order valence-electron chi connectivity index (χ1n) is 21.2. The zero-order chi connectivity index (χ0) is 41.0. The van der Waals surface area contributed by atoms with Gasteiger partial charge in [0.05, 0.1) is 16.8 Å². The van der Waals surface area contributed by atoms with E-state index in [0.29, 0.717) is 5.82 Å². The Hall–Kier alpha value is -7.72. The van der Waals surface area contributed by atoms with Gasteiger partial charge in [0, 0.05) is 36.9 Å². The van der Waals surface area contributed by atoms with Crippen molar-refractivity contribution in [2.24, 2.45) is 0 Å². The molecule has 1 aliphatic rings. The lowest BCUT2D eigenvalue weighted by atomic mass is 9.66.